The zero-order valence-corrected chi connectivity index (χ0v) is 19.5. The number of amides is 2. The first-order valence-corrected chi connectivity index (χ1v) is 11.4. The van der Waals surface area contributed by atoms with Crippen LogP contribution in [0.25, 0.3) is 6.08 Å². The number of ether oxygens (including phenoxy) is 1. The summed E-state index contributed by atoms with van der Waals surface area (Å²) in [5.74, 6) is 0.185. The highest BCUT2D eigenvalue weighted by molar-refractivity contribution is 8.26. The Bertz CT molecular complexity index is 1270. The summed E-state index contributed by atoms with van der Waals surface area (Å²) in [4.78, 5) is 26.7. The number of nitrogens with zero attached hydrogens (tertiary/aromatic N) is 1. The average molecular weight is 519 g/mol. The zero-order chi connectivity index (χ0) is 25.0. The van der Waals surface area contributed by atoms with Crippen LogP contribution < -0.4 is 10.1 Å². The number of nitrogens with one attached hydrogen (secondary N) is 1. The third kappa shape index (κ3) is 6.31. The molecular weight excluding hydrogens is 501 g/mol. The summed E-state index contributed by atoms with van der Waals surface area (Å²) in [6.45, 7) is -0.134. The van der Waals surface area contributed by atoms with Gasteiger partial charge in [0.05, 0.1) is 23.3 Å². The summed E-state index contributed by atoms with van der Waals surface area (Å²) in [6.07, 6.45) is -1.27. The van der Waals surface area contributed by atoms with Gasteiger partial charge in [-0.05, 0) is 54.1 Å². The second-order valence-corrected chi connectivity index (χ2v) is 9.01. The molecule has 1 aliphatic rings. The first-order valence-electron chi connectivity index (χ1n) is 10.2. The minimum Gasteiger partial charge on any atom is -0.484 e. The minimum atomic E-state index is -4.50. The van der Waals surface area contributed by atoms with E-state index in [0.29, 0.717) is 20.7 Å². The molecule has 0 spiro atoms. The van der Waals surface area contributed by atoms with Gasteiger partial charge in [0, 0.05) is 5.69 Å². The highest BCUT2D eigenvalue weighted by Crippen LogP contribution is 2.34. The topological polar surface area (TPSA) is 71.8 Å². The van der Waals surface area contributed by atoms with Crippen molar-refractivity contribution in [1.29, 1.82) is 0 Å². The van der Waals surface area contributed by atoms with Crippen molar-refractivity contribution in [1.82, 2.24) is 4.90 Å². The van der Waals surface area contributed by atoms with Gasteiger partial charge in [-0.15, -0.1) is 0 Å². The molecule has 2 aromatic carbocycles. The van der Waals surface area contributed by atoms with E-state index in [2.05, 4.69) is 5.32 Å². The highest BCUT2D eigenvalue weighted by atomic mass is 32.2. The second kappa shape index (κ2) is 10.4. The van der Waals surface area contributed by atoms with Crippen molar-refractivity contribution in [2.45, 2.75) is 12.7 Å². The van der Waals surface area contributed by atoms with Gasteiger partial charge in [-0.25, -0.2) is 0 Å². The first-order chi connectivity index (χ1) is 16.7. The van der Waals surface area contributed by atoms with E-state index in [1.54, 1.807) is 42.5 Å². The number of carbonyl (C=O) groups excluding carboxylic acids is 2. The zero-order valence-electron chi connectivity index (χ0n) is 17.9. The molecule has 2 heterocycles. The number of hydrogen-bond acceptors (Lipinski definition) is 6. The third-order valence-electron chi connectivity index (χ3n) is 4.79. The highest BCUT2D eigenvalue weighted by Gasteiger charge is 2.32. The lowest BCUT2D eigenvalue weighted by molar-refractivity contribution is -0.137. The Labute approximate surface area is 207 Å². The molecule has 35 heavy (non-hydrogen) atoms. The van der Waals surface area contributed by atoms with E-state index in [4.69, 9.17) is 21.4 Å². The van der Waals surface area contributed by atoms with Crippen LogP contribution in [0, 0.1) is 0 Å². The van der Waals surface area contributed by atoms with E-state index in [9.17, 15) is 22.8 Å². The average Bonchev–Trinajstić information content (AvgIpc) is 3.42. The molecule has 2 amide bonds. The number of thiocarbonyl (C=S) groups is 1. The van der Waals surface area contributed by atoms with E-state index < -0.39 is 17.6 Å². The van der Waals surface area contributed by atoms with Crippen molar-refractivity contribution in [3.8, 4) is 5.75 Å². The lowest BCUT2D eigenvalue weighted by Crippen LogP contribution is -2.27. The van der Waals surface area contributed by atoms with Crippen LogP contribution >= 0.6 is 24.0 Å². The number of halogens is 3. The Morgan fingerprint density at radius 2 is 1.91 bits per heavy atom. The molecule has 3 aromatic rings. The molecule has 0 atom stereocenters. The number of rotatable bonds is 7. The summed E-state index contributed by atoms with van der Waals surface area (Å²) in [5.41, 5.74) is -0.109. The standard InChI is InChI=1S/C24H17F3N2O4S2/c25-24(26,27)16-3-1-4-17(12-16)28-21(30)14-33-18-8-6-15(7-9-18)11-20-22(31)29(23(34)35-20)13-19-5-2-10-32-19/h1-12H,13-14H2,(H,28,30)/b20-11-. The van der Waals surface area contributed by atoms with Gasteiger partial charge in [-0.2, -0.15) is 13.2 Å². The normalized spacial score (nSPS) is 15.1. The van der Waals surface area contributed by atoms with Gasteiger partial charge in [-0.3, -0.25) is 14.5 Å². The Balaban J connectivity index is 1.32. The molecule has 1 fully saturated rings. The monoisotopic (exact) mass is 518 g/mol. The van der Waals surface area contributed by atoms with Crippen LogP contribution in [0.4, 0.5) is 18.9 Å². The van der Waals surface area contributed by atoms with Gasteiger partial charge in [0.1, 0.15) is 15.8 Å². The Hall–Kier alpha value is -3.57. The Morgan fingerprint density at radius 1 is 1.14 bits per heavy atom. The molecule has 11 heteroatoms. The number of hydrogen-bond donors (Lipinski definition) is 1. The molecule has 0 radical (unpaired) electrons. The summed E-state index contributed by atoms with van der Waals surface area (Å²) < 4.78 is 49.5. The maximum atomic E-state index is 12.8. The van der Waals surface area contributed by atoms with Crippen LogP contribution in [0.1, 0.15) is 16.9 Å². The largest absolute Gasteiger partial charge is 0.484 e. The molecule has 1 aromatic heterocycles. The number of benzene rings is 2. The molecule has 1 aliphatic heterocycles. The van der Waals surface area contributed by atoms with Crippen molar-refractivity contribution in [3.05, 3.63) is 88.7 Å². The fourth-order valence-corrected chi connectivity index (χ4v) is 4.38. The van der Waals surface area contributed by atoms with E-state index >= 15 is 0 Å². The fraction of sp³-hybridized carbons (Fsp3) is 0.125. The maximum Gasteiger partial charge on any atom is 0.416 e. The Kier molecular flexibility index (Phi) is 7.27. The van der Waals surface area contributed by atoms with Gasteiger partial charge < -0.3 is 14.5 Å². The quantitative estimate of drug-likeness (QED) is 0.319. The molecule has 1 saturated heterocycles. The van der Waals surface area contributed by atoms with E-state index in [-0.39, 0.29) is 24.7 Å². The summed E-state index contributed by atoms with van der Waals surface area (Å²) in [7, 11) is 0. The number of carbonyl (C=O) groups is 2. The van der Waals surface area contributed by atoms with Crippen LogP contribution in [-0.4, -0.2) is 27.6 Å². The summed E-state index contributed by atoms with van der Waals surface area (Å²) in [5, 5.41) is 2.38. The number of thioether (sulfide) groups is 1. The molecule has 1 N–H and O–H groups in total. The lowest BCUT2D eigenvalue weighted by Gasteiger charge is -2.12. The van der Waals surface area contributed by atoms with Gasteiger partial charge in [0.15, 0.2) is 6.61 Å². The van der Waals surface area contributed by atoms with Crippen molar-refractivity contribution < 1.29 is 31.9 Å². The van der Waals surface area contributed by atoms with Crippen LogP contribution in [0.15, 0.2) is 76.2 Å². The van der Waals surface area contributed by atoms with Crippen molar-refractivity contribution in [2.24, 2.45) is 0 Å². The number of furan rings is 1. The third-order valence-corrected chi connectivity index (χ3v) is 6.17. The van der Waals surface area contributed by atoms with Crippen LogP contribution in [0.5, 0.6) is 5.75 Å². The molecule has 0 bridgehead atoms. The van der Waals surface area contributed by atoms with E-state index in [0.717, 1.165) is 17.7 Å². The van der Waals surface area contributed by atoms with Crippen LogP contribution in [0.3, 0.4) is 0 Å². The van der Waals surface area contributed by atoms with Gasteiger partial charge in [0.25, 0.3) is 11.8 Å². The lowest BCUT2D eigenvalue weighted by atomic mass is 10.2. The first kappa shape index (κ1) is 24.6. The van der Waals surface area contributed by atoms with Crippen LogP contribution in [0.2, 0.25) is 0 Å². The van der Waals surface area contributed by atoms with Crippen molar-refractivity contribution in [2.75, 3.05) is 11.9 Å². The molecule has 180 valence electrons. The predicted molar refractivity (Wildman–Crippen MR) is 129 cm³/mol. The van der Waals surface area contributed by atoms with Crippen molar-refractivity contribution >= 4 is 51.9 Å². The fourth-order valence-electron chi connectivity index (χ4n) is 3.13. The van der Waals surface area contributed by atoms with Gasteiger partial charge in [-0.1, -0.05) is 42.2 Å². The van der Waals surface area contributed by atoms with E-state index in [1.807, 2.05) is 0 Å². The molecule has 0 unspecified atom stereocenters. The molecule has 0 aliphatic carbocycles. The van der Waals surface area contributed by atoms with E-state index in [1.165, 1.54) is 35.1 Å². The Morgan fingerprint density at radius 3 is 2.60 bits per heavy atom. The number of anilines is 1. The van der Waals surface area contributed by atoms with Gasteiger partial charge >= 0.3 is 6.18 Å². The minimum absolute atomic E-state index is 0.0214. The molecular formula is C24H17F3N2O4S2. The smallest absolute Gasteiger partial charge is 0.416 e. The molecule has 4 rings (SSSR count). The molecule has 6 nitrogen and oxygen atoms in total. The van der Waals surface area contributed by atoms with Gasteiger partial charge in [0.2, 0.25) is 0 Å². The number of alkyl halides is 3. The summed E-state index contributed by atoms with van der Waals surface area (Å²) in [6, 6.07) is 14.5. The maximum absolute atomic E-state index is 12.8. The summed E-state index contributed by atoms with van der Waals surface area (Å²) >= 11 is 6.50. The van der Waals surface area contributed by atoms with Crippen molar-refractivity contribution in [3.63, 3.8) is 0 Å². The van der Waals surface area contributed by atoms with Crippen LogP contribution in [-0.2, 0) is 22.3 Å². The predicted octanol–water partition coefficient (Wildman–Crippen LogP) is 5.72. The molecule has 0 saturated carbocycles. The SMILES string of the molecule is O=C(COc1ccc(/C=C2\SC(=S)N(Cc3ccco3)C2=O)cc1)Nc1cccc(C(F)(F)F)c1. The second-order valence-electron chi connectivity index (χ2n) is 7.33.